The Morgan fingerprint density at radius 2 is 1.48 bits per heavy atom. The highest BCUT2D eigenvalue weighted by Gasteiger charge is 2.29. The lowest BCUT2D eigenvalue weighted by molar-refractivity contribution is -0.137. The predicted molar refractivity (Wildman–Crippen MR) is 71.2 cm³/mol. The van der Waals surface area contributed by atoms with Gasteiger partial charge in [-0.3, -0.25) is 4.79 Å². The fraction of sp³-hybridized carbons (Fsp3) is 0.0625. The van der Waals surface area contributed by atoms with Gasteiger partial charge in [-0.15, -0.1) is 0 Å². The second-order valence-electron chi connectivity index (χ2n) is 4.32. The minimum Gasteiger partial charge on any atom is -0.289 e. The molecule has 0 aliphatic heterocycles. The maximum Gasteiger partial charge on any atom is 0.416 e. The van der Waals surface area contributed by atoms with E-state index in [2.05, 4.69) is 0 Å². The van der Waals surface area contributed by atoms with Crippen LogP contribution in [0.2, 0.25) is 0 Å². The number of ketones is 1. The van der Waals surface area contributed by atoms with Crippen LogP contribution in [0.3, 0.4) is 0 Å². The van der Waals surface area contributed by atoms with Crippen LogP contribution in [0.4, 0.5) is 17.6 Å². The molecule has 0 aliphatic rings. The molecular weight excluding hydrogens is 284 g/mol. The Morgan fingerprint density at radius 1 is 0.905 bits per heavy atom. The molecule has 0 bridgehead atoms. The predicted octanol–water partition coefficient (Wildman–Crippen LogP) is 4.74. The lowest BCUT2D eigenvalue weighted by Crippen LogP contribution is -2.04. The van der Waals surface area contributed by atoms with Gasteiger partial charge in [0, 0.05) is 5.56 Å². The van der Waals surface area contributed by atoms with Crippen LogP contribution in [0.1, 0.15) is 21.5 Å². The van der Waals surface area contributed by atoms with E-state index < -0.39 is 17.6 Å². The zero-order valence-corrected chi connectivity index (χ0v) is 10.7. The topological polar surface area (TPSA) is 17.1 Å². The molecule has 0 aromatic heterocycles. The van der Waals surface area contributed by atoms with E-state index in [9.17, 15) is 22.4 Å². The zero-order valence-electron chi connectivity index (χ0n) is 10.7. The van der Waals surface area contributed by atoms with Gasteiger partial charge in [-0.05, 0) is 48.0 Å². The lowest BCUT2D eigenvalue weighted by Gasteiger charge is -2.05. The first-order chi connectivity index (χ1) is 9.86. The highest BCUT2D eigenvalue weighted by atomic mass is 19.4. The molecule has 0 N–H and O–H groups in total. The average Bonchev–Trinajstić information content (AvgIpc) is 2.45. The molecule has 5 heteroatoms. The number of rotatable bonds is 3. The second kappa shape index (κ2) is 5.91. The van der Waals surface area contributed by atoms with E-state index in [1.165, 1.54) is 48.6 Å². The van der Waals surface area contributed by atoms with E-state index >= 15 is 0 Å². The van der Waals surface area contributed by atoms with Gasteiger partial charge in [-0.2, -0.15) is 13.2 Å². The Balaban J connectivity index is 2.10. The Bertz CT molecular complexity index is 652. The molecule has 0 fully saturated rings. The molecule has 0 unspecified atom stereocenters. The fourth-order valence-corrected chi connectivity index (χ4v) is 1.67. The number of hydrogen-bond donors (Lipinski definition) is 0. The molecule has 1 nitrogen and oxygen atoms in total. The molecule has 21 heavy (non-hydrogen) atoms. The molecule has 0 amide bonds. The number of allylic oxidation sites excluding steroid dienone is 1. The summed E-state index contributed by atoms with van der Waals surface area (Å²) in [7, 11) is 0. The van der Waals surface area contributed by atoms with Gasteiger partial charge in [0.2, 0.25) is 0 Å². The summed E-state index contributed by atoms with van der Waals surface area (Å²) in [5.41, 5.74) is 0.0301. The first-order valence-corrected chi connectivity index (χ1v) is 6.01. The van der Waals surface area contributed by atoms with Crippen LogP contribution < -0.4 is 0 Å². The van der Waals surface area contributed by atoms with Crippen LogP contribution >= 0.6 is 0 Å². The monoisotopic (exact) mass is 294 g/mol. The van der Waals surface area contributed by atoms with Gasteiger partial charge >= 0.3 is 6.18 Å². The van der Waals surface area contributed by atoms with Crippen molar-refractivity contribution in [2.45, 2.75) is 6.18 Å². The highest BCUT2D eigenvalue weighted by molar-refractivity contribution is 6.06. The van der Waals surface area contributed by atoms with E-state index in [0.29, 0.717) is 11.1 Å². The number of halogens is 4. The van der Waals surface area contributed by atoms with Crippen molar-refractivity contribution in [1.29, 1.82) is 0 Å². The molecule has 2 aromatic rings. The summed E-state index contributed by atoms with van der Waals surface area (Å²) < 4.78 is 49.9. The summed E-state index contributed by atoms with van der Waals surface area (Å²) in [6.07, 6.45) is -1.74. The van der Waals surface area contributed by atoms with E-state index in [1.807, 2.05) is 0 Å². The van der Waals surface area contributed by atoms with Crippen molar-refractivity contribution in [3.05, 3.63) is 77.1 Å². The maximum absolute atomic E-state index is 12.7. The lowest BCUT2D eigenvalue weighted by atomic mass is 10.1. The molecule has 108 valence electrons. The molecule has 0 saturated carbocycles. The Labute approximate surface area is 118 Å². The largest absolute Gasteiger partial charge is 0.416 e. The molecule has 0 aliphatic carbocycles. The van der Waals surface area contributed by atoms with E-state index in [-0.39, 0.29) is 5.78 Å². The van der Waals surface area contributed by atoms with Crippen LogP contribution in [-0.4, -0.2) is 5.78 Å². The standard InChI is InChI=1S/C16H10F4O/c17-14-8-4-12(5-9-14)15(21)10-3-11-1-6-13(7-2-11)16(18,19)20/h1-10H. The summed E-state index contributed by atoms with van der Waals surface area (Å²) in [6, 6.07) is 9.46. The summed E-state index contributed by atoms with van der Waals surface area (Å²) in [5.74, 6) is -0.798. The van der Waals surface area contributed by atoms with Crippen molar-refractivity contribution < 1.29 is 22.4 Å². The SMILES string of the molecule is O=C(C=Cc1ccc(C(F)(F)F)cc1)c1ccc(F)cc1. The number of carbonyl (C=O) groups is 1. The van der Waals surface area contributed by atoms with Crippen molar-refractivity contribution in [2.24, 2.45) is 0 Å². The van der Waals surface area contributed by atoms with Gasteiger partial charge in [-0.1, -0.05) is 18.2 Å². The number of alkyl halides is 3. The smallest absolute Gasteiger partial charge is 0.289 e. The molecule has 2 aromatic carbocycles. The van der Waals surface area contributed by atoms with Crippen LogP contribution in [-0.2, 0) is 6.18 Å². The van der Waals surface area contributed by atoms with E-state index in [4.69, 9.17) is 0 Å². The van der Waals surface area contributed by atoms with E-state index in [1.54, 1.807) is 0 Å². The molecule has 0 radical (unpaired) electrons. The minimum absolute atomic E-state index is 0.305. The highest BCUT2D eigenvalue weighted by Crippen LogP contribution is 2.29. The third kappa shape index (κ3) is 4.02. The van der Waals surface area contributed by atoms with Gasteiger partial charge in [-0.25, -0.2) is 4.39 Å². The summed E-state index contributed by atoms with van der Waals surface area (Å²) in [6.45, 7) is 0. The quantitative estimate of drug-likeness (QED) is 0.454. The third-order valence-electron chi connectivity index (χ3n) is 2.79. The summed E-state index contributed by atoms with van der Waals surface area (Å²) in [5, 5.41) is 0. The number of hydrogen-bond acceptors (Lipinski definition) is 1. The minimum atomic E-state index is -4.38. The second-order valence-corrected chi connectivity index (χ2v) is 4.32. The molecule has 2 rings (SSSR count). The molecule has 0 atom stereocenters. The van der Waals surface area contributed by atoms with Crippen molar-refractivity contribution in [2.75, 3.05) is 0 Å². The molecular formula is C16H10F4O. The fourth-order valence-electron chi connectivity index (χ4n) is 1.67. The van der Waals surface area contributed by atoms with Crippen molar-refractivity contribution >= 4 is 11.9 Å². The third-order valence-corrected chi connectivity index (χ3v) is 2.79. The number of benzene rings is 2. The first kappa shape index (κ1) is 15.0. The normalized spacial score (nSPS) is 11.8. The Hall–Kier alpha value is -2.43. The molecule has 0 heterocycles. The average molecular weight is 294 g/mol. The van der Waals surface area contributed by atoms with Crippen LogP contribution in [0.25, 0.3) is 6.08 Å². The van der Waals surface area contributed by atoms with Gasteiger partial charge in [0.15, 0.2) is 5.78 Å². The maximum atomic E-state index is 12.7. The van der Waals surface area contributed by atoms with Crippen LogP contribution in [0.15, 0.2) is 54.6 Å². The zero-order chi connectivity index (χ0) is 15.5. The van der Waals surface area contributed by atoms with Gasteiger partial charge < -0.3 is 0 Å². The van der Waals surface area contributed by atoms with Crippen molar-refractivity contribution in [3.63, 3.8) is 0 Å². The van der Waals surface area contributed by atoms with Gasteiger partial charge in [0.25, 0.3) is 0 Å². The van der Waals surface area contributed by atoms with Crippen LogP contribution in [0.5, 0.6) is 0 Å². The summed E-state index contributed by atoms with van der Waals surface area (Å²) in [4.78, 5) is 11.8. The first-order valence-electron chi connectivity index (χ1n) is 6.01. The molecule has 0 saturated heterocycles. The van der Waals surface area contributed by atoms with Gasteiger partial charge in [0.1, 0.15) is 5.82 Å². The van der Waals surface area contributed by atoms with Gasteiger partial charge in [0.05, 0.1) is 5.56 Å². The Morgan fingerprint density at radius 3 is 2.00 bits per heavy atom. The molecule has 0 spiro atoms. The van der Waals surface area contributed by atoms with Crippen molar-refractivity contribution in [1.82, 2.24) is 0 Å². The van der Waals surface area contributed by atoms with Crippen molar-refractivity contribution in [3.8, 4) is 0 Å². The summed E-state index contributed by atoms with van der Waals surface area (Å²) >= 11 is 0. The van der Waals surface area contributed by atoms with Crippen LogP contribution in [0, 0.1) is 5.82 Å². The Kier molecular flexibility index (Phi) is 4.21. The number of carbonyl (C=O) groups excluding carboxylic acids is 1. The van der Waals surface area contributed by atoms with E-state index in [0.717, 1.165) is 12.1 Å².